The molecule has 2 aliphatic rings. The van der Waals surface area contributed by atoms with Crippen molar-refractivity contribution < 1.29 is 33.1 Å². The number of nitrogens with one attached hydrogen (secondary N) is 4. The summed E-state index contributed by atoms with van der Waals surface area (Å²) in [6.45, 7) is 4.25. The number of ether oxygens (including phenoxy) is 1. The number of aliphatic imine (C=N–C) groups is 1. The SMILES string of the molecule is COc1cc(-c2cccc(-c3cccc(NC(=O)C4C=NC(=O)N(C)C4=O)c3C)c2C)cc(F)c1CNCC1NOC(=O)N1. The Morgan fingerprint density at radius 2 is 1.77 bits per heavy atom. The Morgan fingerprint density at radius 1 is 1.07 bits per heavy atom. The number of hydrogen-bond acceptors (Lipinski definition) is 8. The van der Waals surface area contributed by atoms with Crippen LogP contribution in [0.25, 0.3) is 22.3 Å². The number of carbonyl (C=O) groups excluding carboxylic acids is 4. The number of benzene rings is 3. The largest absolute Gasteiger partial charge is 0.496 e. The molecule has 2 heterocycles. The molecule has 0 radical (unpaired) electrons. The second-order valence-corrected chi connectivity index (χ2v) is 10.4. The number of hydrogen-bond donors (Lipinski definition) is 4. The van der Waals surface area contributed by atoms with Crippen LogP contribution < -0.4 is 26.2 Å². The molecule has 2 unspecified atom stereocenters. The minimum absolute atomic E-state index is 0.158. The Morgan fingerprint density at radius 3 is 2.48 bits per heavy atom. The van der Waals surface area contributed by atoms with Gasteiger partial charge in [0, 0.05) is 37.6 Å². The molecule has 0 aliphatic carbocycles. The van der Waals surface area contributed by atoms with E-state index >= 15 is 4.39 Å². The minimum atomic E-state index is -1.22. The number of hydroxylamine groups is 1. The molecule has 3 aromatic carbocycles. The van der Waals surface area contributed by atoms with Gasteiger partial charge in [-0.3, -0.25) is 14.5 Å². The third-order valence-corrected chi connectivity index (χ3v) is 7.64. The molecular formula is C31H31FN6O6. The lowest BCUT2D eigenvalue weighted by molar-refractivity contribution is -0.134. The third kappa shape index (κ3) is 6.00. The van der Waals surface area contributed by atoms with Crippen LogP contribution >= 0.6 is 0 Å². The van der Waals surface area contributed by atoms with E-state index in [-0.39, 0.29) is 6.54 Å². The van der Waals surface area contributed by atoms with E-state index in [1.165, 1.54) is 20.2 Å². The van der Waals surface area contributed by atoms with Gasteiger partial charge >= 0.3 is 12.1 Å². The highest BCUT2D eigenvalue weighted by molar-refractivity contribution is 6.23. The lowest BCUT2D eigenvalue weighted by atomic mass is 9.90. The van der Waals surface area contributed by atoms with Crippen LogP contribution in [0.2, 0.25) is 0 Å². The van der Waals surface area contributed by atoms with Crippen molar-refractivity contribution in [1.82, 2.24) is 21.0 Å². The number of methoxy groups -OCH3 is 1. The molecule has 1 fully saturated rings. The summed E-state index contributed by atoms with van der Waals surface area (Å²) in [4.78, 5) is 57.3. The van der Waals surface area contributed by atoms with Crippen molar-refractivity contribution in [3.05, 3.63) is 71.0 Å². The van der Waals surface area contributed by atoms with E-state index in [0.29, 0.717) is 29.1 Å². The van der Waals surface area contributed by atoms with E-state index in [4.69, 9.17) is 4.74 Å². The molecular weight excluding hydrogens is 571 g/mol. The number of carbonyl (C=O) groups is 4. The highest BCUT2D eigenvalue weighted by Gasteiger charge is 2.34. The normalized spacial score (nSPS) is 17.8. The predicted molar refractivity (Wildman–Crippen MR) is 160 cm³/mol. The quantitative estimate of drug-likeness (QED) is 0.271. The van der Waals surface area contributed by atoms with Crippen LogP contribution in [0.5, 0.6) is 5.75 Å². The van der Waals surface area contributed by atoms with Crippen molar-refractivity contribution in [3.8, 4) is 28.0 Å². The summed E-state index contributed by atoms with van der Waals surface area (Å²) in [5.74, 6) is -2.56. The van der Waals surface area contributed by atoms with Crippen molar-refractivity contribution >= 4 is 35.8 Å². The van der Waals surface area contributed by atoms with Crippen molar-refractivity contribution in [2.24, 2.45) is 10.9 Å². The van der Waals surface area contributed by atoms with Crippen molar-refractivity contribution in [2.75, 3.05) is 26.0 Å². The molecule has 2 atom stereocenters. The van der Waals surface area contributed by atoms with Gasteiger partial charge in [0.15, 0.2) is 5.92 Å². The first-order chi connectivity index (χ1) is 21.1. The zero-order valence-electron chi connectivity index (χ0n) is 24.5. The highest BCUT2D eigenvalue weighted by atomic mass is 19.1. The number of anilines is 1. The number of amides is 5. The zero-order chi connectivity index (χ0) is 31.5. The van der Waals surface area contributed by atoms with Gasteiger partial charge in [0.25, 0.3) is 0 Å². The first-order valence-electron chi connectivity index (χ1n) is 13.8. The van der Waals surface area contributed by atoms with Crippen LogP contribution in [0, 0.1) is 25.6 Å². The molecule has 228 valence electrons. The van der Waals surface area contributed by atoms with Gasteiger partial charge in [-0.25, -0.2) is 19.0 Å². The van der Waals surface area contributed by atoms with Crippen molar-refractivity contribution in [1.29, 1.82) is 0 Å². The Bertz CT molecular complexity index is 1690. The second-order valence-electron chi connectivity index (χ2n) is 10.4. The van der Waals surface area contributed by atoms with Gasteiger partial charge in [0.2, 0.25) is 11.8 Å². The fourth-order valence-electron chi connectivity index (χ4n) is 5.17. The van der Waals surface area contributed by atoms with E-state index in [1.54, 1.807) is 18.2 Å². The molecule has 0 bridgehead atoms. The van der Waals surface area contributed by atoms with E-state index in [1.807, 2.05) is 38.1 Å². The number of imide groups is 1. The molecule has 4 N–H and O–H groups in total. The average molecular weight is 603 g/mol. The summed E-state index contributed by atoms with van der Waals surface area (Å²) in [6, 6.07) is 13.7. The van der Waals surface area contributed by atoms with Crippen molar-refractivity contribution in [3.63, 3.8) is 0 Å². The smallest absolute Gasteiger partial charge is 0.427 e. The van der Waals surface area contributed by atoms with E-state index in [2.05, 4.69) is 31.3 Å². The number of urea groups is 1. The van der Waals surface area contributed by atoms with E-state index in [9.17, 15) is 19.2 Å². The molecule has 5 rings (SSSR count). The number of nitrogens with zero attached hydrogens (tertiary/aromatic N) is 2. The lowest BCUT2D eigenvalue weighted by Crippen LogP contribution is -2.45. The molecule has 44 heavy (non-hydrogen) atoms. The predicted octanol–water partition coefficient (Wildman–Crippen LogP) is 3.66. The zero-order valence-corrected chi connectivity index (χ0v) is 24.5. The monoisotopic (exact) mass is 602 g/mol. The van der Waals surface area contributed by atoms with Crippen LogP contribution in [0.4, 0.5) is 19.7 Å². The van der Waals surface area contributed by atoms with E-state index < -0.39 is 41.8 Å². The number of halogens is 1. The molecule has 0 saturated carbocycles. The van der Waals surface area contributed by atoms with Gasteiger partial charge in [0.05, 0.1) is 7.11 Å². The number of rotatable bonds is 9. The maximum absolute atomic E-state index is 15.4. The second kappa shape index (κ2) is 12.6. The molecule has 5 amide bonds. The summed E-state index contributed by atoms with van der Waals surface area (Å²) in [7, 11) is 2.76. The standard InChI is InChI=1S/C31H31FN6O6/c1-16-19(18-11-24(32)22(26(12-18)43-4)13-33-15-27-36-31(42)44-37-27)7-5-8-20(16)21-9-6-10-25(17(21)2)35-28(39)23-14-34-30(41)38(3)29(23)40/h5-12,14,23,27,33,37H,13,15H2,1-4H3,(H,35,39)(H,36,42). The lowest BCUT2D eigenvalue weighted by Gasteiger charge is -2.22. The van der Waals surface area contributed by atoms with Crippen LogP contribution in [0.15, 0.2) is 53.5 Å². The fraction of sp³-hybridized carbons (Fsp3) is 0.258. The Labute approximate surface area is 252 Å². The van der Waals surface area contributed by atoms with Crippen molar-refractivity contribution in [2.45, 2.75) is 26.6 Å². The van der Waals surface area contributed by atoms with Gasteiger partial charge < -0.3 is 25.5 Å². The average Bonchev–Trinajstić information content (AvgIpc) is 3.42. The van der Waals surface area contributed by atoms with Crippen LogP contribution in [-0.4, -0.2) is 61.9 Å². The van der Waals surface area contributed by atoms with Gasteiger partial charge in [0.1, 0.15) is 17.7 Å². The van der Waals surface area contributed by atoms with Crippen LogP contribution in [0.3, 0.4) is 0 Å². The molecule has 1 saturated heterocycles. The maximum Gasteiger partial charge on any atom is 0.427 e. The Hall–Kier alpha value is -5.14. The summed E-state index contributed by atoms with van der Waals surface area (Å²) in [6.07, 6.45) is 0.0437. The van der Waals surface area contributed by atoms with Gasteiger partial charge in [-0.1, -0.05) is 30.3 Å². The first-order valence-corrected chi connectivity index (χ1v) is 13.8. The maximum atomic E-state index is 15.4. The molecule has 0 spiro atoms. The van der Waals surface area contributed by atoms with E-state index in [0.717, 1.165) is 38.9 Å². The van der Waals surface area contributed by atoms with Crippen LogP contribution in [0.1, 0.15) is 16.7 Å². The summed E-state index contributed by atoms with van der Waals surface area (Å²) in [5.41, 5.74) is 8.13. The minimum Gasteiger partial charge on any atom is -0.496 e. The highest BCUT2D eigenvalue weighted by Crippen LogP contribution is 2.37. The summed E-state index contributed by atoms with van der Waals surface area (Å²) >= 11 is 0. The topological polar surface area (TPSA) is 150 Å². The molecule has 13 heteroatoms. The van der Waals surface area contributed by atoms with Gasteiger partial charge in [-0.15, -0.1) is 5.48 Å². The summed E-state index contributed by atoms with van der Waals surface area (Å²) in [5, 5.41) is 8.44. The Balaban J connectivity index is 1.39. The Kier molecular flexibility index (Phi) is 8.69. The molecule has 0 aromatic heterocycles. The van der Waals surface area contributed by atoms with Crippen LogP contribution in [-0.2, 0) is 21.0 Å². The molecule has 12 nitrogen and oxygen atoms in total. The van der Waals surface area contributed by atoms with Gasteiger partial charge in [-0.05, 0) is 65.4 Å². The molecule has 2 aliphatic heterocycles. The van der Waals surface area contributed by atoms with Gasteiger partial charge in [-0.2, -0.15) is 0 Å². The summed E-state index contributed by atoms with van der Waals surface area (Å²) < 4.78 is 21.0. The fourth-order valence-corrected chi connectivity index (χ4v) is 5.17. The first kappa shape index (κ1) is 30.3. The molecule has 3 aromatic rings. The third-order valence-electron chi connectivity index (χ3n) is 7.64.